The predicted molar refractivity (Wildman–Crippen MR) is 132 cm³/mol. The second-order valence-corrected chi connectivity index (χ2v) is 9.10. The van der Waals surface area contributed by atoms with Crippen LogP contribution in [0.1, 0.15) is 37.8 Å². The van der Waals surface area contributed by atoms with Crippen molar-refractivity contribution < 1.29 is 9.59 Å². The summed E-state index contributed by atoms with van der Waals surface area (Å²) < 4.78 is 0. The predicted octanol–water partition coefficient (Wildman–Crippen LogP) is 5.60. The lowest BCUT2D eigenvalue weighted by Gasteiger charge is -2.30. The summed E-state index contributed by atoms with van der Waals surface area (Å²) in [5.74, 6) is 0.763. The van der Waals surface area contributed by atoms with Crippen LogP contribution < -0.4 is 5.32 Å². The van der Waals surface area contributed by atoms with Crippen LogP contribution in [-0.2, 0) is 21.8 Å². The van der Waals surface area contributed by atoms with Crippen molar-refractivity contribution >= 4 is 46.8 Å². The first-order valence-electron chi connectivity index (χ1n) is 10.6. The van der Waals surface area contributed by atoms with Crippen molar-refractivity contribution in [3.8, 4) is 0 Å². The van der Waals surface area contributed by atoms with E-state index in [0.29, 0.717) is 41.7 Å². The molecule has 2 rings (SSSR count). The normalized spacial score (nSPS) is 11.7. The number of carbonyl (C=O) groups excluding carboxylic acids is 2. The molecule has 2 amide bonds. The van der Waals surface area contributed by atoms with E-state index in [-0.39, 0.29) is 17.6 Å². The molecule has 0 spiro atoms. The third-order valence-corrected chi connectivity index (χ3v) is 6.47. The van der Waals surface area contributed by atoms with Gasteiger partial charge in [-0.15, -0.1) is 11.8 Å². The average molecular weight is 481 g/mol. The Kier molecular flexibility index (Phi) is 11.3. The molecule has 7 heteroatoms. The van der Waals surface area contributed by atoms with Crippen LogP contribution in [0.2, 0.25) is 10.0 Å². The highest BCUT2D eigenvalue weighted by Crippen LogP contribution is 2.25. The first-order valence-corrected chi connectivity index (χ1v) is 12.5. The van der Waals surface area contributed by atoms with E-state index in [4.69, 9.17) is 23.2 Å². The lowest BCUT2D eigenvalue weighted by atomic mass is 10.1. The molecular formula is C24H30Cl2N2O2S. The van der Waals surface area contributed by atoms with Crippen LogP contribution in [0.15, 0.2) is 48.5 Å². The molecule has 0 saturated heterocycles. The van der Waals surface area contributed by atoms with Gasteiger partial charge in [0.1, 0.15) is 6.04 Å². The van der Waals surface area contributed by atoms with Crippen molar-refractivity contribution in [3.63, 3.8) is 0 Å². The Bertz CT molecular complexity index is 849. The van der Waals surface area contributed by atoms with Crippen molar-refractivity contribution in [3.05, 3.63) is 69.7 Å². The summed E-state index contributed by atoms with van der Waals surface area (Å²) in [4.78, 5) is 27.6. The standard InChI is InChI=1S/C24H30Cl2N2O2S/c1-3-13-27-24(30)22(4-2)28(14-12-18-8-6-5-7-9-18)23(29)17-31-16-19-10-11-20(25)15-21(19)26/h5-11,15,22H,3-4,12-14,16-17H2,1-2H3,(H,27,30). The third-order valence-electron chi connectivity index (χ3n) is 4.92. The molecule has 2 aromatic rings. The summed E-state index contributed by atoms with van der Waals surface area (Å²) in [7, 11) is 0. The Morgan fingerprint density at radius 1 is 1.10 bits per heavy atom. The molecule has 0 aromatic heterocycles. The number of amides is 2. The van der Waals surface area contributed by atoms with Crippen LogP contribution in [0.25, 0.3) is 0 Å². The number of rotatable bonds is 12. The van der Waals surface area contributed by atoms with Gasteiger partial charge in [-0.25, -0.2) is 0 Å². The van der Waals surface area contributed by atoms with Gasteiger partial charge in [-0.1, -0.05) is 73.4 Å². The summed E-state index contributed by atoms with van der Waals surface area (Å²) in [6.07, 6.45) is 2.14. The van der Waals surface area contributed by atoms with Crippen LogP contribution in [0.3, 0.4) is 0 Å². The van der Waals surface area contributed by atoms with E-state index in [9.17, 15) is 9.59 Å². The van der Waals surface area contributed by atoms with Gasteiger partial charge in [0.2, 0.25) is 11.8 Å². The maximum absolute atomic E-state index is 13.1. The summed E-state index contributed by atoms with van der Waals surface area (Å²) in [5.41, 5.74) is 2.08. The second kappa shape index (κ2) is 13.7. The van der Waals surface area contributed by atoms with Gasteiger partial charge in [-0.2, -0.15) is 0 Å². The molecule has 168 valence electrons. The highest BCUT2D eigenvalue weighted by Gasteiger charge is 2.27. The quantitative estimate of drug-likeness (QED) is 0.429. The lowest BCUT2D eigenvalue weighted by molar-refractivity contribution is -0.138. The number of hydrogen-bond acceptors (Lipinski definition) is 3. The Morgan fingerprint density at radius 2 is 1.84 bits per heavy atom. The Balaban J connectivity index is 2.05. The Labute approximate surface area is 199 Å². The second-order valence-electron chi connectivity index (χ2n) is 7.27. The summed E-state index contributed by atoms with van der Waals surface area (Å²) in [6, 6.07) is 14.9. The SMILES string of the molecule is CCCNC(=O)C(CC)N(CCc1ccccc1)C(=O)CSCc1ccc(Cl)cc1Cl. The number of hydrogen-bond donors (Lipinski definition) is 1. The zero-order valence-corrected chi connectivity index (χ0v) is 20.4. The Morgan fingerprint density at radius 3 is 2.48 bits per heavy atom. The molecule has 2 aromatic carbocycles. The molecule has 0 aliphatic rings. The minimum Gasteiger partial charge on any atom is -0.354 e. The monoisotopic (exact) mass is 480 g/mol. The largest absolute Gasteiger partial charge is 0.354 e. The molecule has 0 saturated carbocycles. The van der Waals surface area contributed by atoms with Gasteiger partial charge in [-0.3, -0.25) is 9.59 Å². The van der Waals surface area contributed by atoms with E-state index >= 15 is 0 Å². The van der Waals surface area contributed by atoms with E-state index in [0.717, 1.165) is 17.5 Å². The first kappa shape index (κ1) is 25.6. The van der Waals surface area contributed by atoms with Crippen molar-refractivity contribution in [2.45, 2.75) is 44.9 Å². The van der Waals surface area contributed by atoms with Crippen LogP contribution >= 0.6 is 35.0 Å². The maximum atomic E-state index is 13.1. The van der Waals surface area contributed by atoms with Gasteiger partial charge < -0.3 is 10.2 Å². The fourth-order valence-corrected chi connectivity index (χ4v) is 4.70. The third kappa shape index (κ3) is 8.40. The van der Waals surface area contributed by atoms with Gasteiger partial charge in [0.15, 0.2) is 0 Å². The molecular weight excluding hydrogens is 451 g/mol. The average Bonchev–Trinajstić information content (AvgIpc) is 2.77. The van der Waals surface area contributed by atoms with Crippen LogP contribution in [0.5, 0.6) is 0 Å². The van der Waals surface area contributed by atoms with Crippen molar-refractivity contribution in [1.82, 2.24) is 10.2 Å². The number of halogens is 2. The molecule has 1 unspecified atom stereocenters. The summed E-state index contributed by atoms with van der Waals surface area (Å²) in [6.45, 7) is 5.07. The molecule has 31 heavy (non-hydrogen) atoms. The highest BCUT2D eigenvalue weighted by atomic mass is 35.5. The van der Waals surface area contributed by atoms with Gasteiger partial charge >= 0.3 is 0 Å². The number of nitrogens with zero attached hydrogens (tertiary/aromatic N) is 1. The van der Waals surface area contributed by atoms with Crippen LogP contribution in [0, 0.1) is 0 Å². The number of carbonyl (C=O) groups is 2. The Hall–Kier alpha value is -1.69. The minimum absolute atomic E-state index is 0.0375. The van der Waals surface area contributed by atoms with Crippen molar-refractivity contribution in [2.75, 3.05) is 18.8 Å². The van der Waals surface area contributed by atoms with E-state index < -0.39 is 6.04 Å². The number of thioether (sulfide) groups is 1. The van der Waals surface area contributed by atoms with Gasteiger partial charge in [0, 0.05) is 28.9 Å². The van der Waals surface area contributed by atoms with Crippen LogP contribution in [0.4, 0.5) is 0 Å². The minimum atomic E-state index is -0.470. The summed E-state index contributed by atoms with van der Waals surface area (Å²) in [5, 5.41) is 4.13. The molecule has 0 bridgehead atoms. The highest BCUT2D eigenvalue weighted by molar-refractivity contribution is 7.99. The summed E-state index contributed by atoms with van der Waals surface area (Å²) >= 11 is 13.7. The lowest BCUT2D eigenvalue weighted by Crippen LogP contribution is -2.50. The van der Waals surface area contributed by atoms with E-state index in [1.807, 2.05) is 50.2 Å². The topological polar surface area (TPSA) is 49.4 Å². The number of benzene rings is 2. The van der Waals surface area contributed by atoms with Crippen molar-refractivity contribution in [2.24, 2.45) is 0 Å². The zero-order valence-electron chi connectivity index (χ0n) is 18.1. The molecule has 1 N–H and O–H groups in total. The molecule has 1 atom stereocenters. The van der Waals surface area contributed by atoms with Gasteiger partial charge in [0.25, 0.3) is 0 Å². The first-order chi connectivity index (χ1) is 15.0. The van der Waals surface area contributed by atoms with E-state index in [1.54, 1.807) is 17.0 Å². The van der Waals surface area contributed by atoms with Crippen molar-refractivity contribution in [1.29, 1.82) is 0 Å². The molecule has 0 fully saturated rings. The molecule has 0 aliphatic heterocycles. The molecule has 0 aliphatic carbocycles. The molecule has 0 radical (unpaired) electrons. The van der Waals surface area contributed by atoms with Gasteiger partial charge in [0.05, 0.1) is 5.75 Å². The van der Waals surface area contributed by atoms with E-state index in [1.165, 1.54) is 11.8 Å². The smallest absolute Gasteiger partial charge is 0.242 e. The van der Waals surface area contributed by atoms with Gasteiger partial charge in [-0.05, 0) is 42.5 Å². The number of nitrogens with one attached hydrogen (secondary N) is 1. The van der Waals surface area contributed by atoms with E-state index in [2.05, 4.69) is 5.32 Å². The zero-order chi connectivity index (χ0) is 22.6. The molecule has 4 nitrogen and oxygen atoms in total. The fraction of sp³-hybridized carbons (Fsp3) is 0.417. The molecule has 0 heterocycles. The fourth-order valence-electron chi connectivity index (χ4n) is 3.23. The maximum Gasteiger partial charge on any atom is 0.242 e. The van der Waals surface area contributed by atoms with Crippen LogP contribution in [-0.4, -0.2) is 41.6 Å².